The molecular formula is C13H15N3O3S. The Morgan fingerprint density at radius 2 is 2.15 bits per heavy atom. The molecule has 1 heterocycles. The normalized spacial score (nSPS) is 11.3. The fourth-order valence-electron chi connectivity index (χ4n) is 1.82. The molecule has 0 aliphatic rings. The summed E-state index contributed by atoms with van der Waals surface area (Å²) in [6.45, 7) is 3.32. The molecule has 1 aromatic carbocycles. The van der Waals surface area contributed by atoms with E-state index in [1.54, 1.807) is 25.4 Å². The minimum Gasteiger partial charge on any atom is -0.481 e. The first-order valence-electron chi connectivity index (χ1n) is 6.00. The molecular weight excluding hydrogens is 278 g/mol. The van der Waals surface area contributed by atoms with E-state index in [9.17, 15) is 9.59 Å². The zero-order chi connectivity index (χ0) is 14.8. The predicted octanol–water partition coefficient (Wildman–Crippen LogP) is 2.67. The van der Waals surface area contributed by atoms with Crippen molar-refractivity contribution in [2.24, 2.45) is 0 Å². The Bertz CT molecular complexity index is 651. The smallest absolute Gasteiger partial charge is 0.319 e. The molecule has 0 spiro atoms. The molecule has 0 fully saturated rings. The van der Waals surface area contributed by atoms with Gasteiger partial charge in [-0.15, -0.1) is 11.3 Å². The van der Waals surface area contributed by atoms with Gasteiger partial charge in [-0.1, -0.05) is 0 Å². The average molecular weight is 293 g/mol. The number of nitrogens with zero attached hydrogens (tertiary/aromatic N) is 1. The summed E-state index contributed by atoms with van der Waals surface area (Å²) in [5.74, 6) is -0.957. The highest BCUT2D eigenvalue weighted by Crippen LogP contribution is 2.21. The van der Waals surface area contributed by atoms with E-state index < -0.39 is 17.5 Å². The van der Waals surface area contributed by atoms with Crippen molar-refractivity contribution in [1.29, 1.82) is 0 Å². The lowest BCUT2D eigenvalue weighted by Crippen LogP contribution is -2.46. The van der Waals surface area contributed by atoms with Crippen molar-refractivity contribution in [1.82, 2.24) is 10.3 Å². The molecule has 0 unspecified atom stereocenters. The molecule has 3 N–H and O–H groups in total. The number of carboxylic acid groups (broad SMARTS) is 1. The predicted molar refractivity (Wildman–Crippen MR) is 78.1 cm³/mol. The van der Waals surface area contributed by atoms with Gasteiger partial charge in [-0.2, -0.15) is 0 Å². The zero-order valence-electron chi connectivity index (χ0n) is 11.1. The molecule has 0 bridgehead atoms. The van der Waals surface area contributed by atoms with Crippen LogP contribution in [-0.4, -0.2) is 27.6 Å². The van der Waals surface area contributed by atoms with E-state index >= 15 is 0 Å². The summed E-state index contributed by atoms with van der Waals surface area (Å²) in [6, 6.07) is 4.98. The quantitative estimate of drug-likeness (QED) is 0.808. The highest BCUT2D eigenvalue weighted by Gasteiger charge is 2.23. The minimum atomic E-state index is -0.957. The molecule has 6 nitrogen and oxygen atoms in total. The van der Waals surface area contributed by atoms with Crippen molar-refractivity contribution in [3.8, 4) is 0 Å². The molecule has 0 radical (unpaired) electrons. The number of thiazole rings is 1. The Labute approximate surface area is 119 Å². The van der Waals surface area contributed by atoms with Gasteiger partial charge in [0.25, 0.3) is 0 Å². The average Bonchev–Trinajstić information content (AvgIpc) is 2.72. The lowest BCUT2D eigenvalue weighted by Gasteiger charge is -2.24. The van der Waals surface area contributed by atoms with E-state index in [-0.39, 0.29) is 6.42 Å². The number of fused-ring (bicyclic) bond motifs is 1. The van der Waals surface area contributed by atoms with E-state index in [0.717, 1.165) is 10.2 Å². The van der Waals surface area contributed by atoms with Crippen molar-refractivity contribution < 1.29 is 14.7 Å². The fraction of sp³-hybridized carbons (Fsp3) is 0.308. The summed E-state index contributed by atoms with van der Waals surface area (Å²) in [6.07, 6.45) is -0.145. The van der Waals surface area contributed by atoms with Gasteiger partial charge in [-0.25, -0.2) is 9.78 Å². The summed E-state index contributed by atoms with van der Waals surface area (Å²) in [5, 5.41) is 14.1. The summed E-state index contributed by atoms with van der Waals surface area (Å²) >= 11 is 1.49. The Balaban J connectivity index is 2.02. The zero-order valence-corrected chi connectivity index (χ0v) is 12.0. The van der Waals surface area contributed by atoms with Crippen molar-refractivity contribution in [3.05, 3.63) is 23.7 Å². The number of aliphatic carboxylic acids is 1. The van der Waals surface area contributed by atoms with Crippen LogP contribution in [0.2, 0.25) is 0 Å². The van der Waals surface area contributed by atoms with Crippen LogP contribution in [0.5, 0.6) is 0 Å². The van der Waals surface area contributed by atoms with E-state index in [1.165, 1.54) is 11.3 Å². The van der Waals surface area contributed by atoms with Gasteiger partial charge >= 0.3 is 12.0 Å². The summed E-state index contributed by atoms with van der Waals surface area (Å²) < 4.78 is 0.979. The maximum Gasteiger partial charge on any atom is 0.319 e. The number of hydrogen-bond acceptors (Lipinski definition) is 4. The van der Waals surface area contributed by atoms with Crippen molar-refractivity contribution in [2.75, 3.05) is 5.32 Å². The molecule has 0 atom stereocenters. The summed E-state index contributed by atoms with van der Waals surface area (Å²) in [4.78, 5) is 26.7. The van der Waals surface area contributed by atoms with Gasteiger partial charge in [0.05, 0.1) is 22.1 Å². The number of carbonyl (C=O) groups excluding carboxylic acids is 1. The number of anilines is 1. The van der Waals surface area contributed by atoms with Crippen LogP contribution in [0.3, 0.4) is 0 Å². The molecule has 7 heteroatoms. The van der Waals surface area contributed by atoms with Crippen LogP contribution in [0.25, 0.3) is 10.2 Å². The van der Waals surface area contributed by atoms with Crippen LogP contribution < -0.4 is 10.6 Å². The van der Waals surface area contributed by atoms with Crippen LogP contribution in [0.15, 0.2) is 23.7 Å². The third kappa shape index (κ3) is 3.67. The number of aromatic nitrogens is 1. The van der Waals surface area contributed by atoms with Gasteiger partial charge in [0.2, 0.25) is 0 Å². The topological polar surface area (TPSA) is 91.3 Å². The van der Waals surface area contributed by atoms with Crippen molar-refractivity contribution in [3.63, 3.8) is 0 Å². The molecule has 0 saturated heterocycles. The van der Waals surface area contributed by atoms with Gasteiger partial charge in [0.1, 0.15) is 0 Å². The highest BCUT2D eigenvalue weighted by molar-refractivity contribution is 7.16. The summed E-state index contributed by atoms with van der Waals surface area (Å²) in [7, 11) is 0. The van der Waals surface area contributed by atoms with E-state index in [1.807, 2.05) is 12.1 Å². The molecule has 2 rings (SSSR count). The lowest BCUT2D eigenvalue weighted by atomic mass is 10.0. The van der Waals surface area contributed by atoms with E-state index in [4.69, 9.17) is 5.11 Å². The molecule has 0 aliphatic carbocycles. The molecule has 2 aromatic rings. The fourth-order valence-corrected chi connectivity index (χ4v) is 2.54. The Hall–Kier alpha value is -2.15. The number of benzene rings is 1. The Morgan fingerprint density at radius 1 is 1.40 bits per heavy atom. The van der Waals surface area contributed by atoms with Crippen LogP contribution in [0.1, 0.15) is 20.3 Å². The van der Waals surface area contributed by atoms with Gasteiger partial charge in [-0.05, 0) is 32.0 Å². The molecule has 106 valence electrons. The number of rotatable bonds is 4. The Morgan fingerprint density at radius 3 is 2.85 bits per heavy atom. The number of nitrogens with one attached hydrogen (secondary N) is 2. The van der Waals surface area contributed by atoms with Crippen LogP contribution in [0.4, 0.5) is 10.5 Å². The van der Waals surface area contributed by atoms with E-state index in [2.05, 4.69) is 15.6 Å². The minimum absolute atomic E-state index is 0.145. The molecule has 1 aromatic heterocycles. The second-order valence-electron chi connectivity index (χ2n) is 5.07. The van der Waals surface area contributed by atoms with Crippen molar-refractivity contribution >= 4 is 39.2 Å². The largest absolute Gasteiger partial charge is 0.481 e. The van der Waals surface area contributed by atoms with Gasteiger partial charge in [0.15, 0.2) is 0 Å². The van der Waals surface area contributed by atoms with Gasteiger partial charge in [-0.3, -0.25) is 4.79 Å². The first-order chi connectivity index (χ1) is 9.35. The third-order valence-electron chi connectivity index (χ3n) is 2.63. The third-order valence-corrected chi connectivity index (χ3v) is 3.43. The lowest BCUT2D eigenvalue weighted by molar-refractivity contribution is -0.138. The van der Waals surface area contributed by atoms with Crippen LogP contribution in [0, 0.1) is 0 Å². The first-order valence-corrected chi connectivity index (χ1v) is 6.88. The van der Waals surface area contributed by atoms with Crippen LogP contribution >= 0.6 is 11.3 Å². The number of carbonyl (C=O) groups is 2. The standard InChI is InChI=1S/C13H15N3O3S/c1-13(2,6-11(17)18)16-12(19)15-8-3-4-9-10(5-8)20-7-14-9/h3-5,7H,6H2,1-2H3,(H,17,18)(H2,15,16,19). The number of hydrogen-bond donors (Lipinski definition) is 3. The highest BCUT2D eigenvalue weighted by atomic mass is 32.1. The SMILES string of the molecule is CC(C)(CC(=O)O)NC(=O)Nc1ccc2ncsc2c1. The molecule has 2 amide bonds. The van der Waals surface area contributed by atoms with Gasteiger partial charge in [0, 0.05) is 11.2 Å². The monoisotopic (exact) mass is 293 g/mol. The first kappa shape index (κ1) is 14.3. The molecule has 0 aliphatic heterocycles. The molecule has 0 saturated carbocycles. The summed E-state index contributed by atoms with van der Waals surface area (Å²) in [5.41, 5.74) is 2.45. The second-order valence-corrected chi connectivity index (χ2v) is 5.95. The van der Waals surface area contributed by atoms with E-state index in [0.29, 0.717) is 5.69 Å². The maximum absolute atomic E-state index is 11.9. The number of carboxylic acids is 1. The van der Waals surface area contributed by atoms with Gasteiger partial charge < -0.3 is 15.7 Å². The Kier molecular flexibility index (Phi) is 3.89. The van der Waals surface area contributed by atoms with Crippen molar-refractivity contribution in [2.45, 2.75) is 25.8 Å². The molecule has 20 heavy (non-hydrogen) atoms. The number of amides is 2. The second kappa shape index (κ2) is 5.46. The van der Waals surface area contributed by atoms with Crippen LogP contribution in [-0.2, 0) is 4.79 Å². The maximum atomic E-state index is 11.9. The number of urea groups is 1.